The normalized spacial score (nSPS) is 37.0. The fraction of sp³-hybridized carbons (Fsp3) is 0.697. The summed E-state index contributed by atoms with van der Waals surface area (Å²) < 4.78 is 0. The van der Waals surface area contributed by atoms with Gasteiger partial charge in [0.1, 0.15) is 0 Å². The molecule has 0 amide bonds. The lowest BCUT2D eigenvalue weighted by molar-refractivity contribution is -0.0754. The van der Waals surface area contributed by atoms with E-state index in [1.165, 1.54) is 44.2 Å². The predicted molar refractivity (Wildman–Crippen MR) is 152 cm³/mol. The van der Waals surface area contributed by atoms with Crippen molar-refractivity contribution in [2.24, 2.45) is 46.3 Å². The van der Waals surface area contributed by atoms with Gasteiger partial charge in [-0.15, -0.1) is 26.3 Å². The molecule has 1 aromatic carbocycles. The van der Waals surface area contributed by atoms with Crippen molar-refractivity contribution < 1.29 is 0 Å². The third-order valence-corrected chi connectivity index (χ3v) is 10.1. The Hall–Kier alpha value is -1.34. The minimum absolute atomic E-state index is 0.627. The molecule has 4 fully saturated rings. The van der Waals surface area contributed by atoms with Crippen molar-refractivity contribution >= 4 is 0 Å². The highest BCUT2D eigenvalue weighted by Gasteiger charge is 2.56. The zero-order valence-electron chi connectivity index (χ0n) is 23.3. The van der Waals surface area contributed by atoms with E-state index in [2.05, 4.69) is 78.5 Å². The molecule has 0 radical (unpaired) electrons. The van der Waals surface area contributed by atoms with Crippen LogP contribution in [-0.4, -0.2) is 13.6 Å². The molecule has 192 valence electrons. The highest BCUT2D eigenvalue weighted by molar-refractivity contribution is 5.11. The summed E-state index contributed by atoms with van der Waals surface area (Å²) in [6.07, 6.45) is 13.8. The van der Waals surface area contributed by atoms with Crippen LogP contribution in [0.15, 0.2) is 56.6 Å². The van der Waals surface area contributed by atoms with Gasteiger partial charge in [-0.3, -0.25) is 0 Å². The van der Waals surface area contributed by atoms with Crippen molar-refractivity contribution in [1.82, 2.24) is 5.32 Å². The maximum atomic E-state index is 3.49. The summed E-state index contributed by atoms with van der Waals surface area (Å²) in [5.74, 6) is 6.33. The molecular formula is C33H55N. The topological polar surface area (TPSA) is 12.0 Å². The van der Waals surface area contributed by atoms with Gasteiger partial charge in [-0.25, -0.2) is 0 Å². The first-order valence-electron chi connectivity index (χ1n) is 14.0. The van der Waals surface area contributed by atoms with E-state index in [0.717, 1.165) is 35.5 Å². The molecule has 1 aromatic rings. The lowest BCUT2D eigenvalue weighted by Gasteiger charge is -2.57. The van der Waals surface area contributed by atoms with E-state index in [4.69, 9.17) is 0 Å². The van der Waals surface area contributed by atoms with Crippen molar-refractivity contribution in [2.75, 3.05) is 13.6 Å². The lowest BCUT2D eigenvalue weighted by atomic mass is 9.48. The number of nitrogens with one attached hydrogen (secondary N) is 1. The Bertz CT molecular complexity index is 707. The van der Waals surface area contributed by atoms with Crippen LogP contribution in [0.1, 0.15) is 84.1 Å². The molecule has 7 atom stereocenters. The largest absolute Gasteiger partial charge is 0.319 e. The fourth-order valence-electron chi connectivity index (χ4n) is 8.53. The number of benzene rings is 1. The molecule has 5 rings (SSSR count). The van der Waals surface area contributed by atoms with Gasteiger partial charge in [0.05, 0.1) is 0 Å². The average Bonchev–Trinajstić information content (AvgIpc) is 3.18. The van der Waals surface area contributed by atoms with Gasteiger partial charge >= 0.3 is 0 Å². The standard InChI is InChI=1S/C22H39N.C7H8.2C2H4/c1-21(2)11-9-17-15(13-21)5-7-19-18(17)10-12-22(3)16(14-23-4)6-8-20(19)22;1-7-5-3-2-4-6-7;2*1-2/h15-20,23H,5-14H2,1-4H3;2-6H,1H3;2*1-2H2/t15?,16-,17+,18-,19-,20+,22-;;;/m1.../s1. The van der Waals surface area contributed by atoms with Crippen molar-refractivity contribution in [1.29, 1.82) is 0 Å². The maximum Gasteiger partial charge on any atom is -0.00182 e. The summed E-state index contributed by atoms with van der Waals surface area (Å²) in [6, 6.07) is 10.3. The van der Waals surface area contributed by atoms with Gasteiger partial charge in [0.15, 0.2) is 0 Å². The van der Waals surface area contributed by atoms with Gasteiger partial charge in [0.2, 0.25) is 0 Å². The van der Waals surface area contributed by atoms with Gasteiger partial charge in [-0.2, -0.15) is 0 Å². The van der Waals surface area contributed by atoms with Crippen molar-refractivity contribution in [2.45, 2.75) is 85.5 Å². The minimum atomic E-state index is 0.627. The second kappa shape index (κ2) is 13.1. The van der Waals surface area contributed by atoms with E-state index in [9.17, 15) is 0 Å². The van der Waals surface area contributed by atoms with E-state index < -0.39 is 0 Å². The van der Waals surface area contributed by atoms with Crippen LogP contribution in [0.5, 0.6) is 0 Å². The van der Waals surface area contributed by atoms with E-state index in [1.54, 1.807) is 25.7 Å². The molecule has 4 aliphatic rings. The lowest BCUT2D eigenvalue weighted by Crippen LogP contribution is -2.50. The Morgan fingerprint density at radius 3 is 2.03 bits per heavy atom. The Balaban J connectivity index is 0.000000313. The van der Waals surface area contributed by atoms with Crippen LogP contribution in [0.4, 0.5) is 0 Å². The zero-order chi connectivity index (χ0) is 25.4. The van der Waals surface area contributed by atoms with E-state index >= 15 is 0 Å². The number of fused-ring (bicyclic) bond motifs is 5. The van der Waals surface area contributed by atoms with Crippen LogP contribution in [0.25, 0.3) is 0 Å². The molecule has 1 heteroatoms. The number of rotatable bonds is 2. The third-order valence-electron chi connectivity index (χ3n) is 10.1. The summed E-state index contributed by atoms with van der Waals surface area (Å²) in [4.78, 5) is 0. The first-order chi connectivity index (χ1) is 16.3. The number of hydrogen-bond donors (Lipinski definition) is 1. The Morgan fingerprint density at radius 1 is 0.794 bits per heavy atom. The van der Waals surface area contributed by atoms with Crippen molar-refractivity contribution in [3.63, 3.8) is 0 Å². The molecule has 0 bridgehead atoms. The SMILES string of the molecule is C=C.C=C.CNC[C@H]1CC[C@H]2[C@@H]3CCC4CC(C)(C)CC[C@@H]4[C@H]3CC[C@]12C.Cc1ccccc1. The molecule has 0 spiro atoms. The smallest absolute Gasteiger partial charge is 0.00182 e. The molecule has 1 nitrogen and oxygen atoms in total. The number of aryl methyl sites for hydroxylation is 1. The van der Waals surface area contributed by atoms with Crippen LogP contribution in [0.3, 0.4) is 0 Å². The van der Waals surface area contributed by atoms with E-state index in [-0.39, 0.29) is 0 Å². The second-order valence-electron chi connectivity index (χ2n) is 12.4. The van der Waals surface area contributed by atoms with Crippen LogP contribution in [0.2, 0.25) is 0 Å². The molecule has 1 N–H and O–H groups in total. The zero-order valence-corrected chi connectivity index (χ0v) is 23.3. The van der Waals surface area contributed by atoms with Crippen molar-refractivity contribution in [3.8, 4) is 0 Å². The van der Waals surface area contributed by atoms with Gasteiger partial charge in [0, 0.05) is 0 Å². The molecular weight excluding hydrogens is 410 g/mol. The van der Waals surface area contributed by atoms with Gasteiger partial charge in [-0.1, -0.05) is 56.7 Å². The van der Waals surface area contributed by atoms with E-state index in [1.807, 2.05) is 18.2 Å². The first kappa shape index (κ1) is 28.9. The quantitative estimate of drug-likeness (QED) is 0.429. The molecule has 4 aliphatic carbocycles. The van der Waals surface area contributed by atoms with Crippen LogP contribution < -0.4 is 5.32 Å². The summed E-state index contributed by atoms with van der Waals surface area (Å²) in [5, 5.41) is 3.49. The summed E-state index contributed by atoms with van der Waals surface area (Å²) in [7, 11) is 2.15. The molecule has 34 heavy (non-hydrogen) atoms. The summed E-state index contributed by atoms with van der Waals surface area (Å²) in [6.45, 7) is 23.0. The van der Waals surface area contributed by atoms with Gasteiger partial charge < -0.3 is 5.32 Å². The molecule has 0 heterocycles. The Labute approximate surface area is 212 Å². The second-order valence-corrected chi connectivity index (χ2v) is 12.4. The Morgan fingerprint density at radius 2 is 1.44 bits per heavy atom. The van der Waals surface area contributed by atoms with Crippen LogP contribution in [-0.2, 0) is 0 Å². The Kier molecular flexibility index (Phi) is 11.1. The van der Waals surface area contributed by atoms with Crippen molar-refractivity contribution in [3.05, 3.63) is 62.2 Å². The molecule has 0 aliphatic heterocycles. The van der Waals surface area contributed by atoms with Crippen LogP contribution in [0, 0.1) is 53.3 Å². The maximum absolute atomic E-state index is 3.49. The van der Waals surface area contributed by atoms with Gasteiger partial charge in [0.25, 0.3) is 0 Å². The highest BCUT2D eigenvalue weighted by atomic mass is 14.8. The van der Waals surface area contributed by atoms with Crippen LogP contribution >= 0.6 is 0 Å². The fourth-order valence-corrected chi connectivity index (χ4v) is 8.53. The minimum Gasteiger partial charge on any atom is -0.319 e. The van der Waals surface area contributed by atoms with E-state index in [0.29, 0.717) is 10.8 Å². The molecule has 0 aromatic heterocycles. The molecule has 4 saturated carbocycles. The summed E-state index contributed by atoms with van der Waals surface area (Å²) in [5.41, 5.74) is 2.61. The number of hydrogen-bond acceptors (Lipinski definition) is 1. The molecule has 0 saturated heterocycles. The third kappa shape index (κ3) is 6.45. The highest BCUT2D eigenvalue weighted by Crippen LogP contribution is 2.64. The molecule has 1 unspecified atom stereocenters. The first-order valence-corrected chi connectivity index (χ1v) is 14.0. The predicted octanol–water partition coefficient (Wildman–Crippen LogP) is 9.10. The summed E-state index contributed by atoms with van der Waals surface area (Å²) >= 11 is 0. The monoisotopic (exact) mass is 465 g/mol. The van der Waals surface area contributed by atoms with Gasteiger partial charge in [-0.05, 0) is 125 Å². The average molecular weight is 466 g/mol.